The van der Waals surface area contributed by atoms with Gasteiger partial charge in [0.05, 0.1) is 25.5 Å². The van der Waals surface area contributed by atoms with Gasteiger partial charge in [-0.05, 0) is 79.2 Å². The summed E-state index contributed by atoms with van der Waals surface area (Å²) in [6.07, 6.45) is 3.11. The predicted octanol–water partition coefficient (Wildman–Crippen LogP) is 4.64. The number of nitrogens with one attached hydrogen (secondary N) is 1. The minimum absolute atomic E-state index is 0.271. The van der Waals surface area contributed by atoms with Gasteiger partial charge in [-0.1, -0.05) is 12.7 Å². The van der Waals surface area contributed by atoms with Crippen LogP contribution in [-0.4, -0.2) is 38.4 Å². The van der Waals surface area contributed by atoms with E-state index < -0.39 is 5.97 Å². The topological polar surface area (TPSA) is 95.5 Å². The van der Waals surface area contributed by atoms with Crippen molar-refractivity contribution in [2.75, 3.05) is 20.3 Å². The summed E-state index contributed by atoms with van der Waals surface area (Å²) in [6, 6.07) is 18.2. The third-order valence-electron chi connectivity index (χ3n) is 4.66. The van der Waals surface area contributed by atoms with Crippen molar-refractivity contribution in [3.63, 3.8) is 0 Å². The van der Waals surface area contributed by atoms with E-state index in [4.69, 9.17) is 18.9 Å². The molecule has 0 aliphatic carbocycles. The Labute approximate surface area is 203 Å². The largest absolute Gasteiger partial charge is 0.497 e. The van der Waals surface area contributed by atoms with Gasteiger partial charge in [0.15, 0.2) is 11.5 Å². The summed E-state index contributed by atoms with van der Waals surface area (Å²) in [7, 11) is 1.55. The normalized spacial score (nSPS) is 10.5. The third-order valence-corrected chi connectivity index (χ3v) is 4.66. The zero-order valence-corrected chi connectivity index (χ0v) is 19.5. The number of nitrogens with zero attached hydrogens (tertiary/aromatic N) is 1. The van der Waals surface area contributed by atoms with Crippen LogP contribution >= 0.6 is 0 Å². The molecule has 0 fully saturated rings. The van der Waals surface area contributed by atoms with E-state index in [0.717, 1.165) is 0 Å². The zero-order chi connectivity index (χ0) is 25.0. The van der Waals surface area contributed by atoms with Crippen molar-refractivity contribution in [1.29, 1.82) is 0 Å². The highest BCUT2D eigenvalue weighted by Gasteiger charge is 2.13. The van der Waals surface area contributed by atoms with Gasteiger partial charge in [0.1, 0.15) is 18.1 Å². The summed E-state index contributed by atoms with van der Waals surface area (Å²) < 4.78 is 21.6. The minimum Gasteiger partial charge on any atom is -0.497 e. The number of carbonyl (C=O) groups excluding carboxylic acids is 2. The molecule has 0 aliphatic heterocycles. The molecular weight excluding hydrogens is 448 g/mol. The Morgan fingerprint density at radius 2 is 1.60 bits per heavy atom. The van der Waals surface area contributed by atoms with E-state index in [1.807, 2.05) is 6.92 Å². The quantitative estimate of drug-likeness (QED) is 0.143. The SMILES string of the molecule is C=CCOc1ccc(C(=O)N/N=C/c2ccc(OC(=O)c3ccc(OC)cc3)c(OCC)c2)cc1. The fraction of sp³-hybridized carbons (Fsp3) is 0.148. The molecule has 0 saturated heterocycles. The van der Waals surface area contributed by atoms with Crippen LogP contribution in [0.1, 0.15) is 33.2 Å². The molecule has 0 unspecified atom stereocenters. The number of hydrogen-bond donors (Lipinski definition) is 1. The molecule has 0 radical (unpaired) electrons. The highest BCUT2D eigenvalue weighted by atomic mass is 16.6. The Morgan fingerprint density at radius 1 is 0.914 bits per heavy atom. The first-order valence-electron chi connectivity index (χ1n) is 10.8. The maximum atomic E-state index is 12.5. The number of ether oxygens (including phenoxy) is 4. The molecule has 3 aromatic rings. The smallest absolute Gasteiger partial charge is 0.343 e. The number of benzene rings is 3. The van der Waals surface area contributed by atoms with Crippen molar-refractivity contribution in [2.24, 2.45) is 5.10 Å². The van der Waals surface area contributed by atoms with Gasteiger partial charge in [0, 0.05) is 5.56 Å². The maximum Gasteiger partial charge on any atom is 0.343 e. The molecule has 1 amide bonds. The van der Waals surface area contributed by atoms with Gasteiger partial charge in [-0.2, -0.15) is 5.10 Å². The second-order valence-electron chi connectivity index (χ2n) is 7.08. The fourth-order valence-electron chi connectivity index (χ4n) is 2.93. The number of carbonyl (C=O) groups is 2. The second kappa shape index (κ2) is 12.6. The van der Waals surface area contributed by atoms with Crippen molar-refractivity contribution in [2.45, 2.75) is 6.92 Å². The standard InChI is InChI=1S/C27H26N2O6/c1-4-16-34-23-13-7-20(8-14-23)26(30)29-28-18-19-6-15-24(25(17-19)33-5-2)35-27(31)21-9-11-22(32-3)12-10-21/h4,6-15,17-18H,1,5,16H2,2-3H3,(H,29,30)/b28-18+. The average molecular weight is 475 g/mol. The van der Waals surface area contributed by atoms with Crippen molar-refractivity contribution < 1.29 is 28.5 Å². The van der Waals surface area contributed by atoms with E-state index in [2.05, 4.69) is 17.1 Å². The lowest BCUT2D eigenvalue weighted by Gasteiger charge is -2.11. The van der Waals surface area contributed by atoms with Crippen LogP contribution in [0, 0.1) is 0 Å². The summed E-state index contributed by atoms with van der Waals surface area (Å²) in [6.45, 7) is 6.18. The lowest BCUT2D eigenvalue weighted by Crippen LogP contribution is -2.17. The summed E-state index contributed by atoms with van der Waals surface area (Å²) in [4.78, 5) is 24.8. The molecule has 1 N–H and O–H groups in total. The number of hydrazone groups is 1. The molecule has 180 valence electrons. The summed E-state index contributed by atoms with van der Waals surface area (Å²) in [5.74, 6) is 1.03. The molecule has 0 saturated carbocycles. The van der Waals surface area contributed by atoms with Crippen LogP contribution in [0.25, 0.3) is 0 Å². The third kappa shape index (κ3) is 7.20. The van der Waals surface area contributed by atoms with Crippen molar-refractivity contribution in [3.05, 3.63) is 96.1 Å². The number of hydrogen-bond acceptors (Lipinski definition) is 7. The molecular formula is C27H26N2O6. The van der Waals surface area contributed by atoms with Gasteiger partial charge in [0.25, 0.3) is 5.91 Å². The molecule has 8 heteroatoms. The molecule has 0 aromatic heterocycles. The molecule has 0 aliphatic rings. The van der Waals surface area contributed by atoms with E-state index in [9.17, 15) is 9.59 Å². The van der Waals surface area contributed by atoms with Gasteiger partial charge < -0.3 is 18.9 Å². The minimum atomic E-state index is -0.525. The van der Waals surface area contributed by atoms with Crippen LogP contribution in [0.3, 0.4) is 0 Å². The Kier molecular flexibility index (Phi) is 9.01. The summed E-state index contributed by atoms with van der Waals surface area (Å²) in [5.41, 5.74) is 3.93. The monoisotopic (exact) mass is 474 g/mol. The molecule has 0 heterocycles. The van der Waals surface area contributed by atoms with E-state index in [1.165, 1.54) is 6.21 Å². The van der Waals surface area contributed by atoms with Crippen LogP contribution < -0.4 is 24.4 Å². The van der Waals surface area contributed by atoms with E-state index in [-0.39, 0.29) is 11.7 Å². The average Bonchev–Trinajstić information content (AvgIpc) is 2.89. The number of amides is 1. The van der Waals surface area contributed by atoms with E-state index in [0.29, 0.717) is 47.2 Å². The Morgan fingerprint density at radius 3 is 2.26 bits per heavy atom. The predicted molar refractivity (Wildman–Crippen MR) is 133 cm³/mol. The molecule has 0 spiro atoms. The first-order valence-corrected chi connectivity index (χ1v) is 10.8. The number of rotatable bonds is 11. The van der Waals surface area contributed by atoms with Gasteiger partial charge in [-0.15, -0.1) is 0 Å². The number of methoxy groups -OCH3 is 1. The molecule has 8 nitrogen and oxygen atoms in total. The van der Waals surface area contributed by atoms with Gasteiger partial charge in [0.2, 0.25) is 0 Å². The first kappa shape index (κ1) is 25.0. The van der Waals surface area contributed by atoms with Crippen LogP contribution in [0.15, 0.2) is 84.5 Å². The molecule has 3 rings (SSSR count). The number of esters is 1. The Hall–Kier alpha value is -4.59. The fourth-order valence-corrected chi connectivity index (χ4v) is 2.93. The Bertz CT molecular complexity index is 1190. The van der Waals surface area contributed by atoms with Crippen molar-refractivity contribution >= 4 is 18.1 Å². The highest BCUT2D eigenvalue weighted by Crippen LogP contribution is 2.29. The molecule has 0 atom stereocenters. The van der Waals surface area contributed by atoms with Crippen LogP contribution in [0.2, 0.25) is 0 Å². The lowest BCUT2D eigenvalue weighted by atomic mass is 10.2. The Balaban J connectivity index is 1.64. The van der Waals surface area contributed by atoms with Crippen molar-refractivity contribution in [3.8, 4) is 23.0 Å². The van der Waals surface area contributed by atoms with Crippen LogP contribution in [-0.2, 0) is 0 Å². The zero-order valence-electron chi connectivity index (χ0n) is 19.5. The van der Waals surface area contributed by atoms with Crippen LogP contribution in [0.4, 0.5) is 0 Å². The van der Waals surface area contributed by atoms with E-state index >= 15 is 0 Å². The molecule has 35 heavy (non-hydrogen) atoms. The van der Waals surface area contributed by atoms with Gasteiger partial charge in [-0.3, -0.25) is 4.79 Å². The van der Waals surface area contributed by atoms with Crippen LogP contribution in [0.5, 0.6) is 23.0 Å². The molecule has 0 bridgehead atoms. The summed E-state index contributed by atoms with van der Waals surface area (Å²) in [5, 5.41) is 4.00. The maximum absolute atomic E-state index is 12.5. The lowest BCUT2D eigenvalue weighted by molar-refractivity contribution is 0.0728. The highest BCUT2D eigenvalue weighted by molar-refractivity contribution is 5.95. The summed E-state index contributed by atoms with van der Waals surface area (Å²) >= 11 is 0. The first-order chi connectivity index (χ1) is 17.0. The van der Waals surface area contributed by atoms with E-state index in [1.54, 1.807) is 79.9 Å². The van der Waals surface area contributed by atoms with Gasteiger partial charge in [-0.25, -0.2) is 10.2 Å². The second-order valence-corrected chi connectivity index (χ2v) is 7.08. The molecule has 3 aromatic carbocycles. The van der Waals surface area contributed by atoms with Gasteiger partial charge >= 0.3 is 5.97 Å². The van der Waals surface area contributed by atoms with Crippen molar-refractivity contribution in [1.82, 2.24) is 5.43 Å².